The molecule has 0 bridgehead atoms. The topological polar surface area (TPSA) is 55.4 Å². The van der Waals surface area contributed by atoms with Crippen LogP contribution in [-0.2, 0) is 0 Å². The maximum atomic E-state index is 11.1. The molecule has 0 radical (unpaired) electrons. The number of hydrogen-bond acceptors (Lipinski definition) is 4. The van der Waals surface area contributed by atoms with Crippen molar-refractivity contribution in [3.8, 4) is 5.75 Å². The van der Waals surface area contributed by atoms with Gasteiger partial charge >= 0.3 is 0 Å². The number of anilines is 1. The summed E-state index contributed by atoms with van der Waals surface area (Å²) in [7, 11) is 0. The minimum Gasteiger partial charge on any atom is -0.485 e. The first-order valence-electron chi connectivity index (χ1n) is 4.70. The fourth-order valence-electron chi connectivity index (χ4n) is 1.14. The summed E-state index contributed by atoms with van der Waals surface area (Å²) in [4.78, 5) is 22.3. The van der Waals surface area contributed by atoms with Gasteiger partial charge in [-0.25, -0.2) is 0 Å². The van der Waals surface area contributed by atoms with Crippen LogP contribution in [0.5, 0.6) is 5.75 Å². The molecule has 14 heavy (non-hydrogen) atoms. The molecule has 1 aromatic carbocycles. The smallest absolute Gasteiger partial charge is 0.272 e. The second-order valence-corrected chi connectivity index (χ2v) is 3.83. The van der Waals surface area contributed by atoms with Crippen molar-refractivity contribution < 1.29 is 4.74 Å². The average Bonchev–Trinajstić information content (AvgIpc) is 2.09. The van der Waals surface area contributed by atoms with Crippen LogP contribution in [0.25, 0.3) is 0 Å². The molecule has 0 aromatic heterocycles. The molecule has 4 nitrogen and oxygen atoms in total. The van der Waals surface area contributed by atoms with Crippen molar-refractivity contribution in [1.29, 1.82) is 0 Å². The summed E-state index contributed by atoms with van der Waals surface area (Å²) in [6, 6.07) is 0.118. The third kappa shape index (κ3) is 1.95. The quantitative estimate of drug-likeness (QED) is 0.728. The van der Waals surface area contributed by atoms with E-state index in [9.17, 15) is 9.59 Å². The SMILES string of the molecule is CC(C)Nc1c(OC(C)C)c(=O)c1=O. The van der Waals surface area contributed by atoms with Gasteiger partial charge in [0.05, 0.1) is 6.10 Å². The Hall–Kier alpha value is -1.32. The summed E-state index contributed by atoms with van der Waals surface area (Å²) in [6.07, 6.45) is -0.0917. The monoisotopic (exact) mass is 197 g/mol. The Morgan fingerprint density at radius 3 is 2.07 bits per heavy atom. The van der Waals surface area contributed by atoms with Crippen LogP contribution in [0.4, 0.5) is 5.69 Å². The van der Waals surface area contributed by atoms with Crippen LogP contribution in [0, 0.1) is 0 Å². The molecule has 0 saturated carbocycles. The van der Waals surface area contributed by atoms with Crippen LogP contribution in [-0.4, -0.2) is 12.1 Å². The molecular weight excluding hydrogens is 182 g/mol. The van der Waals surface area contributed by atoms with Gasteiger partial charge in [-0.2, -0.15) is 0 Å². The third-order valence-electron chi connectivity index (χ3n) is 1.65. The highest BCUT2D eigenvalue weighted by Gasteiger charge is 2.23. The van der Waals surface area contributed by atoms with E-state index in [1.165, 1.54) is 0 Å². The molecule has 78 valence electrons. The minimum atomic E-state index is -0.526. The summed E-state index contributed by atoms with van der Waals surface area (Å²) < 4.78 is 5.23. The lowest BCUT2D eigenvalue weighted by Gasteiger charge is -2.17. The Kier molecular flexibility index (Phi) is 2.93. The normalized spacial score (nSPS) is 11.3. The number of ether oxygens (including phenoxy) is 1. The van der Waals surface area contributed by atoms with Gasteiger partial charge < -0.3 is 10.1 Å². The van der Waals surface area contributed by atoms with Crippen LogP contribution < -0.4 is 20.9 Å². The van der Waals surface area contributed by atoms with Crippen molar-refractivity contribution in [2.75, 3.05) is 5.32 Å². The Bertz CT molecular complexity index is 348. The second kappa shape index (κ2) is 3.82. The van der Waals surface area contributed by atoms with Gasteiger partial charge in [-0.15, -0.1) is 0 Å². The molecule has 0 spiro atoms. The molecule has 1 aromatic rings. The van der Waals surface area contributed by atoms with Gasteiger partial charge in [0, 0.05) is 6.04 Å². The van der Waals surface area contributed by atoms with E-state index in [1.54, 1.807) is 0 Å². The highest BCUT2D eigenvalue weighted by Crippen LogP contribution is 2.19. The first-order valence-corrected chi connectivity index (χ1v) is 4.70. The largest absolute Gasteiger partial charge is 0.485 e. The van der Waals surface area contributed by atoms with Gasteiger partial charge in [0.1, 0.15) is 5.69 Å². The molecule has 1 N–H and O–H groups in total. The van der Waals surface area contributed by atoms with Crippen molar-refractivity contribution >= 4 is 5.69 Å². The maximum Gasteiger partial charge on any atom is 0.272 e. The van der Waals surface area contributed by atoms with Gasteiger partial charge in [0.2, 0.25) is 0 Å². The van der Waals surface area contributed by atoms with E-state index in [0.29, 0.717) is 5.69 Å². The predicted octanol–water partition coefficient (Wildman–Crippen LogP) is 0.890. The van der Waals surface area contributed by atoms with Crippen LogP contribution in [0.1, 0.15) is 27.7 Å². The maximum absolute atomic E-state index is 11.1. The standard InChI is InChI=1S/C10H15NO3/c1-5(2)11-7-8(12)9(13)10(7)14-6(3)4/h5-6,11H,1-4H3. The molecule has 0 atom stereocenters. The van der Waals surface area contributed by atoms with Crippen molar-refractivity contribution in [1.82, 2.24) is 0 Å². The molecule has 0 saturated heterocycles. The molecule has 1 rings (SSSR count). The molecule has 4 heteroatoms. The highest BCUT2D eigenvalue weighted by molar-refractivity contribution is 5.62. The summed E-state index contributed by atoms with van der Waals surface area (Å²) in [5, 5.41) is 2.90. The Morgan fingerprint density at radius 2 is 1.64 bits per heavy atom. The summed E-state index contributed by atoms with van der Waals surface area (Å²) in [5.74, 6) is 0.179. The molecule has 0 fully saturated rings. The minimum absolute atomic E-state index is 0.0917. The van der Waals surface area contributed by atoms with E-state index in [-0.39, 0.29) is 17.9 Å². The molecular formula is C10H15NO3. The van der Waals surface area contributed by atoms with Crippen molar-refractivity contribution in [2.45, 2.75) is 39.8 Å². The first kappa shape index (κ1) is 10.8. The third-order valence-corrected chi connectivity index (χ3v) is 1.65. The molecule has 0 aliphatic carbocycles. The highest BCUT2D eigenvalue weighted by atomic mass is 16.5. The molecule has 0 unspecified atom stereocenters. The van der Waals surface area contributed by atoms with Crippen molar-refractivity contribution in [3.63, 3.8) is 0 Å². The van der Waals surface area contributed by atoms with Crippen LogP contribution >= 0.6 is 0 Å². The summed E-state index contributed by atoms with van der Waals surface area (Å²) >= 11 is 0. The predicted molar refractivity (Wildman–Crippen MR) is 55.9 cm³/mol. The molecule has 0 heterocycles. The van der Waals surface area contributed by atoms with Crippen LogP contribution in [0.2, 0.25) is 0 Å². The van der Waals surface area contributed by atoms with Gasteiger partial charge in [-0.1, -0.05) is 0 Å². The Labute approximate surface area is 82.6 Å². The lowest BCUT2D eigenvalue weighted by atomic mass is 10.2. The van der Waals surface area contributed by atoms with Crippen molar-refractivity contribution in [2.24, 2.45) is 0 Å². The van der Waals surface area contributed by atoms with E-state index in [2.05, 4.69) is 5.32 Å². The number of rotatable bonds is 4. The van der Waals surface area contributed by atoms with Crippen LogP contribution in [0.3, 0.4) is 0 Å². The van der Waals surface area contributed by atoms with Gasteiger partial charge in [-0.05, 0) is 27.7 Å². The van der Waals surface area contributed by atoms with Gasteiger partial charge in [0.25, 0.3) is 10.9 Å². The zero-order chi connectivity index (χ0) is 10.9. The number of hydrogen-bond donors (Lipinski definition) is 1. The Balaban J connectivity index is 2.89. The van der Waals surface area contributed by atoms with Crippen molar-refractivity contribution in [3.05, 3.63) is 20.4 Å². The van der Waals surface area contributed by atoms with E-state index in [0.717, 1.165) is 0 Å². The zero-order valence-corrected chi connectivity index (χ0v) is 8.88. The summed E-state index contributed by atoms with van der Waals surface area (Å²) in [6.45, 7) is 7.43. The lowest BCUT2D eigenvalue weighted by Crippen LogP contribution is -2.38. The van der Waals surface area contributed by atoms with E-state index < -0.39 is 10.9 Å². The zero-order valence-electron chi connectivity index (χ0n) is 8.88. The second-order valence-electron chi connectivity index (χ2n) is 3.83. The first-order chi connectivity index (χ1) is 6.43. The van der Waals surface area contributed by atoms with E-state index in [1.807, 2.05) is 27.7 Å². The fourth-order valence-corrected chi connectivity index (χ4v) is 1.14. The fraction of sp³-hybridized carbons (Fsp3) is 0.600. The average molecular weight is 197 g/mol. The molecule has 0 aliphatic heterocycles. The van der Waals surface area contributed by atoms with E-state index in [4.69, 9.17) is 4.74 Å². The molecule has 0 amide bonds. The number of nitrogens with one attached hydrogen (secondary N) is 1. The lowest BCUT2D eigenvalue weighted by molar-refractivity contribution is 0.238. The van der Waals surface area contributed by atoms with Gasteiger partial charge in [-0.3, -0.25) is 9.59 Å². The van der Waals surface area contributed by atoms with E-state index >= 15 is 0 Å². The van der Waals surface area contributed by atoms with Crippen LogP contribution in [0.15, 0.2) is 9.59 Å². The summed E-state index contributed by atoms with van der Waals surface area (Å²) in [5.41, 5.74) is -0.685. The molecule has 0 aliphatic rings. The van der Waals surface area contributed by atoms with Gasteiger partial charge in [0.15, 0.2) is 5.75 Å². The Morgan fingerprint density at radius 1 is 1.07 bits per heavy atom.